The van der Waals surface area contributed by atoms with Crippen LogP contribution in [0.1, 0.15) is 25.7 Å². The van der Waals surface area contributed by atoms with Gasteiger partial charge in [0.15, 0.2) is 0 Å². The monoisotopic (exact) mass is 385 g/mol. The highest BCUT2D eigenvalue weighted by molar-refractivity contribution is 14.1. The van der Waals surface area contributed by atoms with Gasteiger partial charge in [0.25, 0.3) is 0 Å². The third kappa shape index (κ3) is 3.15. The third-order valence-electron chi connectivity index (χ3n) is 4.36. The molecule has 2 unspecified atom stereocenters. The Hall–Kier alpha value is -0.660. The average Bonchev–Trinajstić information content (AvgIpc) is 2.62. The van der Waals surface area contributed by atoms with E-state index in [1.54, 1.807) is 0 Å². The van der Waals surface area contributed by atoms with Gasteiger partial charge in [0, 0.05) is 27.4 Å². The number of amides is 1. The molecule has 0 aliphatic carbocycles. The number of nitrogens with two attached hydrogens (primary N) is 1. The van der Waals surface area contributed by atoms with Crippen LogP contribution in [0.5, 0.6) is 0 Å². The van der Waals surface area contributed by atoms with Crippen LogP contribution in [-0.4, -0.2) is 35.5 Å². The molecule has 5 heteroatoms. The molecule has 2 saturated heterocycles. The van der Waals surface area contributed by atoms with Crippen LogP contribution in [0.15, 0.2) is 24.3 Å². The van der Waals surface area contributed by atoms with Crippen LogP contribution < -0.4 is 11.1 Å². The smallest absolute Gasteiger partial charge is 0.238 e. The SMILES string of the molecule is NC1CC2CCC(C1)N2CC(=O)Nc1cccc(I)c1. The van der Waals surface area contributed by atoms with Gasteiger partial charge in [-0.05, 0) is 66.5 Å². The molecule has 0 spiro atoms. The summed E-state index contributed by atoms with van der Waals surface area (Å²) in [6, 6.07) is 9.22. The number of fused-ring (bicyclic) bond motifs is 2. The number of hydrogen-bond acceptors (Lipinski definition) is 3. The summed E-state index contributed by atoms with van der Waals surface area (Å²) in [5, 5.41) is 2.99. The van der Waals surface area contributed by atoms with E-state index < -0.39 is 0 Å². The number of benzene rings is 1. The van der Waals surface area contributed by atoms with E-state index in [2.05, 4.69) is 32.8 Å². The minimum absolute atomic E-state index is 0.0828. The van der Waals surface area contributed by atoms with Gasteiger partial charge in [0.1, 0.15) is 0 Å². The minimum Gasteiger partial charge on any atom is -0.328 e. The molecule has 1 amide bonds. The molecule has 1 aromatic carbocycles. The van der Waals surface area contributed by atoms with Crippen LogP contribution in [0.3, 0.4) is 0 Å². The first-order valence-electron chi connectivity index (χ1n) is 7.18. The Balaban J connectivity index is 1.60. The van der Waals surface area contributed by atoms with Crippen molar-refractivity contribution in [2.45, 2.75) is 43.8 Å². The molecule has 1 aromatic rings. The van der Waals surface area contributed by atoms with Crippen molar-refractivity contribution >= 4 is 34.2 Å². The van der Waals surface area contributed by atoms with Crippen molar-refractivity contribution in [3.63, 3.8) is 0 Å². The highest BCUT2D eigenvalue weighted by atomic mass is 127. The van der Waals surface area contributed by atoms with Gasteiger partial charge in [-0.25, -0.2) is 0 Å². The quantitative estimate of drug-likeness (QED) is 0.785. The Labute approximate surface area is 133 Å². The molecule has 4 nitrogen and oxygen atoms in total. The number of rotatable bonds is 3. The maximum absolute atomic E-state index is 12.2. The molecule has 2 aliphatic heterocycles. The molecule has 2 atom stereocenters. The van der Waals surface area contributed by atoms with Gasteiger partial charge in [-0.15, -0.1) is 0 Å². The van der Waals surface area contributed by atoms with Crippen molar-refractivity contribution in [3.8, 4) is 0 Å². The van der Waals surface area contributed by atoms with Crippen LogP contribution in [-0.2, 0) is 4.79 Å². The number of hydrogen-bond donors (Lipinski definition) is 2. The Morgan fingerprint density at radius 3 is 2.70 bits per heavy atom. The first-order valence-corrected chi connectivity index (χ1v) is 8.26. The van der Waals surface area contributed by atoms with E-state index in [9.17, 15) is 4.79 Å². The van der Waals surface area contributed by atoms with Crippen molar-refractivity contribution < 1.29 is 4.79 Å². The summed E-state index contributed by atoms with van der Waals surface area (Å²) in [7, 11) is 0. The van der Waals surface area contributed by atoms with Crippen LogP contribution >= 0.6 is 22.6 Å². The first kappa shape index (κ1) is 14.3. The summed E-state index contributed by atoms with van der Waals surface area (Å²) >= 11 is 2.25. The highest BCUT2D eigenvalue weighted by Crippen LogP contribution is 2.34. The number of carbonyl (C=O) groups excluding carboxylic acids is 1. The van der Waals surface area contributed by atoms with Crippen molar-refractivity contribution in [1.29, 1.82) is 0 Å². The fraction of sp³-hybridized carbons (Fsp3) is 0.533. The summed E-state index contributed by atoms with van der Waals surface area (Å²) in [4.78, 5) is 14.6. The average molecular weight is 385 g/mol. The lowest BCUT2D eigenvalue weighted by Gasteiger charge is -2.37. The summed E-state index contributed by atoms with van der Waals surface area (Å²) < 4.78 is 1.13. The number of anilines is 1. The van der Waals surface area contributed by atoms with Crippen molar-refractivity contribution in [1.82, 2.24) is 4.90 Å². The standard InChI is InChI=1S/C15H20IN3O/c16-10-2-1-3-12(6-10)18-15(20)9-19-13-4-5-14(19)8-11(17)7-13/h1-3,6,11,13-14H,4-5,7-9,17H2,(H,18,20). The normalized spacial score (nSPS) is 29.4. The van der Waals surface area contributed by atoms with E-state index in [0.29, 0.717) is 24.7 Å². The van der Waals surface area contributed by atoms with E-state index in [4.69, 9.17) is 5.73 Å². The Morgan fingerprint density at radius 1 is 1.35 bits per heavy atom. The number of halogens is 1. The molecule has 3 rings (SSSR count). The molecule has 0 saturated carbocycles. The van der Waals surface area contributed by atoms with Gasteiger partial charge < -0.3 is 11.1 Å². The predicted molar refractivity (Wildman–Crippen MR) is 88.5 cm³/mol. The van der Waals surface area contributed by atoms with Gasteiger partial charge in [0.05, 0.1) is 6.54 Å². The molecule has 2 fully saturated rings. The molecule has 3 N–H and O–H groups in total. The first-order chi connectivity index (χ1) is 9.61. The molecular weight excluding hydrogens is 365 g/mol. The Morgan fingerprint density at radius 2 is 2.05 bits per heavy atom. The summed E-state index contributed by atoms with van der Waals surface area (Å²) in [6.45, 7) is 0.494. The zero-order valence-corrected chi connectivity index (χ0v) is 13.5. The van der Waals surface area contributed by atoms with Gasteiger partial charge >= 0.3 is 0 Å². The second-order valence-electron chi connectivity index (χ2n) is 5.85. The second kappa shape index (κ2) is 5.99. The number of nitrogens with zero attached hydrogens (tertiary/aromatic N) is 1. The fourth-order valence-electron chi connectivity index (χ4n) is 3.51. The van der Waals surface area contributed by atoms with E-state index in [1.807, 2.05) is 24.3 Å². The van der Waals surface area contributed by atoms with Crippen molar-refractivity contribution in [3.05, 3.63) is 27.8 Å². The molecule has 0 radical (unpaired) electrons. The van der Waals surface area contributed by atoms with E-state index >= 15 is 0 Å². The lowest BCUT2D eigenvalue weighted by Crippen LogP contribution is -2.49. The maximum Gasteiger partial charge on any atom is 0.238 e. The second-order valence-corrected chi connectivity index (χ2v) is 7.09. The van der Waals surface area contributed by atoms with Crippen LogP contribution in [0.2, 0.25) is 0 Å². The van der Waals surface area contributed by atoms with E-state index in [1.165, 1.54) is 12.8 Å². The van der Waals surface area contributed by atoms with Crippen molar-refractivity contribution in [2.24, 2.45) is 5.73 Å². The van der Waals surface area contributed by atoms with Gasteiger partial charge in [-0.1, -0.05) is 6.07 Å². The predicted octanol–water partition coefficient (Wildman–Crippen LogP) is 2.18. The molecule has 108 valence electrons. The molecule has 2 bridgehead atoms. The van der Waals surface area contributed by atoms with Gasteiger partial charge in [0.2, 0.25) is 5.91 Å². The van der Waals surface area contributed by atoms with Crippen molar-refractivity contribution in [2.75, 3.05) is 11.9 Å². The van der Waals surface area contributed by atoms with Gasteiger partial charge in [-0.2, -0.15) is 0 Å². The molecule has 2 aliphatic rings. The molecule has 0 aromatic heterocycles. The van der Waals surface area contributed by atoms with Crippen LogP contribution in [0, 0.1) is 3.57 Å². The van der Waals surface area contributed by atoms with Crippen LogP contribution in [0.4, 0.5) is 5.69 Å². The minimum atomic E-state index is 0.0828. The Kier molecular flexibility index (Phi) is 4.28. The third-order valence-corrected chi connectivity index (χ3v) is 5.03. The van der Waals surface area contributed by atoms with Gasteiger partial charge in [-0.3, -0.25) is 9.69 Å². The zero-order chi connectivity index (χ0) is 14.1. The number of nitrogens with one attached hydrogen (secondary N) is 1. The number of carbonyl (C=O) groups is 1. The lowest BCUT2D eigenvalue weighted by molar-refractivity contribution is -0.118. The Bertz CT molecular complexity index is 494. The molecule has 20 heavy (non-hydrogen) atoms. The fourth-order valence-corrected chi connectivity index (χ4v) is 4.05. The largest absolute Gasteiger partial charge is 0.328 e. The summed E-state index contributed by atoms with van der Waals surface area (Å²) in [5.41, 5.74) is 6.94. The highest BCUT2D eigenvalue weighted by Gasteiger charge is 2.40. The topological polar surface area (TPSA) is 58.4 Å². The summed E-state index contributed by atoms with van der Waals surface area (Å²) in [5.74, 6) is 0.0828. The van der Waals surface area contributed by atoms with E-state index in [-0.39, 0.29) is 5.91 Å². The number of piperidine rings is 1. The maximum atomic E-state index is 12.2. The lowest BCUT2D eigenvalue weighted by atomic mass is 9.98. The summed E-state index contributed by atoms with van der Waals surface area (Å²) in [6.07, 6.45) is 4.45. The zero-order valence-electron chi connectivity index (χ0n) is 11.4. The molecule has 2 heterocycles. The van der Waals surface area contributed by atoms with E-state index in [0.717, 1.165) is 22.1 Å². The molecular formula is C15H20IN3O. The van der Waals surface area contributed by atoms with Crippen LogP contribution in [0.25, 0.3) is 0 Å².